The molecule has 1 N–H and O–H groups in total. The second kappa shape index (κ2) is 12.7. The van der Waals surface area contributed by atoms with Crippen LogP contribution in [0.1, 0.15) is 61.1 Å². The number of hydrogen-bond acceptors (Lipinski definition) is 4. The highest BCUT2D eigenvalue weighted by molar-refractivity contribution is 7.13. The Morgan fingerprint density at radius 2 is 1.86 bits per heavy atom. The molecule has 4 aromatic rings. The molecule has 0 aliphatic heterocycles. The van der Waals surface area contributed by atoms with Gasteiger partial charge in [-0.05, 0) is 43.0 Å². The van der Waals surface area contributed by atoms with Crippen molar-refractivity contribution in [3.8, 4) is 27.7 Å². The number of hydrogen-bond donors (Lipinski definition) is 1. The number of rotatable bonds is 12. The molecule has 2 aromatic carbocycles. The molecule has 194 valence electrons. The molecule has 2 aromatic heterocycles. The van der Waals surface area contributed by atoms with Crippen molar-refractivity contribution >= 4 is 17.2 Å². The summed E-state index contributed by atoms with van der Waals surface area (Å²) in [5, 5.41) is 6.27. The predicted molar refractivity (Wildman–Crippen MR) is 153 cm³/mol. The van der Waals surface area contributed by atoms with Crippen molar-refractivity contribution in [2.75, 3.05) is 13.7 Å². The first-order chi connectivity index (χ1) is 18.0. The van der Waals surface area contributed by atoms with Gasteiger partial charge in [0.25, 0.3) is 5.91 Å². The molecule has 1 atom stereocenters. The summed E-state index contributed by atoms with van der Waals surface area (Å²) >= 11 is 1.62. The molecule has 37 heavy (non-hydrogen) atoms. The summed E-state index contributed by atoms with van der Waals surface area (Å²) in [4.78, 5) is 18.3. The number of nitrogens with zero attached hydrogens (tertiary/aromatic N) is 2. The van der Waals surface area contributed by atoms with E-state index in [1.807, 2.05) is 43.3 Å². The number of carbonyl (C=O) groups is 1. The molecule has 0 aliphatic carbocycles. The monoisotopic (exact) mass is 515 g/mol. The zero-order chi connectivity index (χ0) is 26.2. The van der Waals surface area contributed by atoms with Gasteiger partial charge in [0.2, 0.25) is 0 Å². The van der Waals surface area contributed by atoms with Crippen LogP contribution >= 0.6 is 11.3 Å². The quantitative estimate of drug-likeness (QED) is 0.211. The predicted octanol–water partition coefficient (Wildman–Crippen LogP) is 7.59. The SMILES string of the molecule is CCCCC(CC)CNC(=O)c1cc(-c2csc(-c3ccccc3)n2)n(Cc2ccc(OC)cc2)c1C. The fraction of sp³-hybridized carbons (Fsp3) is 0.355. The highest BCUT2D eigenvalue weighted by atomic mass is 32.1. The van der Waals surface area contributed by atoms with Gasteiger partial charge in [0.1, 0.15) is 10.8 Å². The molecular formula is C31H37N3O2S. The van der Waals surface area contributed by atoms with Crippen LogP contribution in [0.4, 0.5) is 0 Å². The summed E-state index contributed by atoms with van der Waals surface area (Å²) in [6.07, 6.45) is 4.60. The zero-order valence-electron chi connectivity index (χ0n) is 22.3. The summed E-state index contributed by atoms with van der Waals surface area (Å²) < 4.78 is 7.53. The molecule has 5 nitrogen and oxygen atoms in total. The lowest BCUT2D eigenvalue weighted by atomic mass is 9.99. The van der Waals surface area contributed by atoms with Gasteiger partial charge in [-0.2, -0.15) is 0 Å². The summed E-state index contributed by atoms with van der Waals surface area (Å²) in [6.45, 7) is 7.80. The third-order valence-corrected chi connectivity index (χ3v) is 7.88. The fourth-order valence-electron chi connectivity index (χ4n) is 4.58. The number of carbonyl (C=O) groups excluding carboxylic acids is 1. The number of aromatic nitrogens is 2. The van der Waals surface area contributed by atoms with E-state index < -0.39 is 0 Å². The van der Waals surface area contributed by atoms with Crippen molar-refractivity contribution in [1.29, 1.82) is 0 Å². The normalized spacial score (nSPS) is 11.9. The van der Waals surface area contributed by atoms with E-state index >= 15 is 0 Å². The van der Waals surface area contributed by atoms with Gasteiger partial charge in [-0.1, -0.05) is 75.6 Å². The minimum atomic E-state index is -0.0132. The van der Waals surface area contributed by atoms with E-state index in [0.29, 0.717) is 24.6 Å². The Morgan fingerprint density at radius 1 is 1.11 bits per heavy atom. The van der Waals surface area contributed by atoms with Crippen LogP contribution < -0.4 is 10.1 Å². The Balaban J connectivity index is 1.65. The van der Waals surface area contributed by atoms with E-state index in [-0.39, 0.29) is 5.91 Å². The Hall–Kier alpha value is -3.38. The number of benzene rings is 2. The highest BCUT2D eigenvalue weighted by Gasteiger charge is 2.21. The lowest BCUT2D eigenvalue weighted by molar-refractivity contribution is 0.0945. The number of methoxy groups -OCH3 is 1. The molecule has 1 unspecified atom stereocenters. The Morgan fingerprint density at radius 3 is 2.54 bits per heavy atom. The first-order valence-electron chi connectivity index (χ1n) is 13.2. The average molecular weight is 516 g/mol. The number of nitrogens with one attached hydrogen (secondary N) is 1. The fourth-order valence-corrected chi connectivity index (χ4v) is 5.40. The minimum Gasteiger partial charge on any atom is -0.497 e. The van der Waals surface area contributed by atoms with Crippen molar-refractivity contribution in [3.63, 3.8) is 0 Å². The van der Waals surface area contributed by atoms with Crippen LogP contribution in [-0.4, -0.2) is 29.1 Å². The molecule has 0 aliphatic rings. The first-order valence-corrected chi connectivity index (χ1v) is 14.0. The summed E-state index contributed by atoms with van der Waals surface area (Å²) in [7, 11) is 1.67. The van der Waals surface area contributed by atoms with Gasteiger partial charge in [0, 0.05) is 29.7 Å². The third kappa shape index (κ3) is 6.50. The lowest BCUT2D eigenvalue weighted by Gasteiger charge is -2.15. The van der Waals surface area contributed by atoms with Crippen molar-refractivity contribution in [3.05, 3.63) is 82.9 Å². The second-order valence-electron chi connectivity index (χ2n) is 9.49. The maximum absolute atomic E-state index is 13.4. The van der Waals surface area contributed by atoms with Crippen LogP contribution in [0.3, 0.4) is 0 Å². The molecule has 0 bridgehead atoms. The van der Waals surface area contributed by atoms with E-state index in [4.69, 9.17) is 9.72 Å². The third-order valence-electron chi connectivity index (χ3n) is 6.99. The summed E-state index contributed by atoms with van der Waals surface area (Å²) in [6, 6.07) is 20.3. The number of thiazole rings is 1. The smallest absolute Gasteiger partial charge is 0.253 e. The molecule has 0 saturated carbocycles. The molecule has 1 amide bonds. The van der Waals surface area contributed by atoms with Gasteiger partial charge >= 0.3 is 0 Å². The van der Waals surface area contributed by atoms with Gasteiger partial charge in [-0.25, -0.2) is 4.98 Å². The number of amides is 1. The highest BCUT2D eigenvalue weighted by Crippen LogP contribution is 2.32. The number of unbranched alkanes of at least 4 members (excludes halogenated alkanes) is 1. The van der Waals surface area contributed by atoms with E-state index in [2.05, 4.69) is 53.4 Å². The van der Waals surface area contributed by atoms with Crippen LogP contribution in [-0.2, 0) is 6.54 Å². The van der Waals surface area contributed by atoms with Gasteiger partial charge in [0.05, 0.1) is 24.1 Å². The Kier molecular flexibility index (Phi) is 9.18. The van der Waals surface area contributed by atoms with Crippen LogP contribution in [0, 0.1) is 12.8 Å². The van der Waals surface area contributed by atoms with Crippen molar-refractivity contribution < 1.29 is 9.53 Å². The molecule has 0 radical (unpaired) electrons. The largest absolute Gasteiger partial charge is 0.497 e. The van der Waals surface area contributed by atoms with Crippen LogP contribution in [0.25, 0.3) is 22.0 Å². The zero-order valence-corrected chi connectivity index (χ0v) is 23.1. The van der Waals surface area contributed by atoms with E-state index in [0.717, 1.165) is 51.8 Å². The van der Waals surface area contributed by atoms with Crippen molar-refractivity contribution in [2.45, 2.75) is 53.0 Å². The second-order valence-corrected chi connectivity index (χ2v) is 10.4. The molecule has 0 spiro atoms. The van der Waals surface area contributed by atoms with Crippen LogP contribution in [0.2, 0.25) is 0 Å². The molecule has 6 heteroatoms. The summed E-state index contributed by atoms with van der Waals surface area (Å²) in [5.74, 6) is 1.33. The van der Waals surface area contributed by atoms with E-state index in [1.165, 1.54) is 12.8 Å². The van der Waals surface area contributed by atoms with Crippen molar-refractivity contribution in [1.82, 2.24) is 14.9 Å². The number of ether oxygens (including phenoxy) is 1. The Labute approximate surface area is 224 Å². The molecule has 2 heterocycles. The Bertz CT molecular complexity index is 1290. The van der Waals surface area contributed by atoms with E-state index in [9.17, 15) is 4.79 Å². The maximum atomic E-state index is 13.4. The standard InChI is InChI=1S/C31H37N3O2S/c1-5-7-11-23(6-2)19-32-30(35)27-18-29(28-21-37-31(33-28)25-12-9-8-10-13-25)34(22(27)3)20-24-14-16-26(36-4)17-15-24/h8-10,12-18,21,23H,5-7,11,19-20H2,1-4H3,(H,32,35). The topological polar surface area (TPSA) is 56.2 Å². The maximum Gasteiger partial charge on any atom is 0.253 e. The first kappa shape index (κ1) is 26.7. The van der Waals surface area contributed by atoms with Gasteiger partial charge in [0.15, 0.2) is 0 Å². The van der Waals surface area contributed by atoms with E-state index in [1.54, 1.807) is 18.4 Å². The van der Waals surface area contributed by atoms with Crippen molar-refractivity contribution in [2.24, 2.45) is 5.92 Å². The van der Waals surface area contributed by atoms with Crippen LogP contribution in [0.15, 0.2) is 66.0 Å². The molecule has 0 fully saturated rings. The molecular weight excluding hydrogens is 478 g/mol. The lowest BCUT2D eigenvalue weighted by Crippen LogP contribution is -2.29. The summed E-state index contributed by atoms with van der Waals surface area (Å²) in [5.41, 5.74) is 5.72. The van der Waals surface area contributed by atoms with Gasteiger partial charge in [-0.3, -0.25) is 4.79 Å². The minimum absolute atomic E-state index is 0.0132. The van der Waals surface area contributed by atoms with Crippen LogP contribution in [0.5, 0.6) is 5.75 Å². The molecule has 4 rings (SSSR count). The van der Waals surface area contributed by atoms with Gasteiger partial charge < -0.3 is 14.6 Å². The average Bonchev–Trinajstić information content (AvgIpc) is 3.55. The van der Waals surface area contributed by atoms with Gasteiger partial charge in [-0.15, -0.1) is 11.3 Å². The molecule has 0 saturated heterocycles.